The molecule has 0 rings (SSSR count). The molecule has 0 heterocycles. The highest BCUT2D eigenvalue weighted by atomic mass is 31.2. The summed E-state index contributed by atoms with van der Waals surface area (Å²) in [6.45, 7) is 9.44. The highest BCUT2D eigenvalue weighted by Gasteiger charge is 2.30. The third-order valence-corrected chi connectivity index (χ3v) is 18.2. The van der Waals surface area contributed by atoms with Crippen LogP contribution in [-0.2, 0) is 65.4 Å². The van der Waals surface area contributed by atoms with Gasteiger partial charge in [0.15, 0.2) is 12.2 Å². The van der Waals surface area contributed by atoms with E-state index >= 15 is 0 Å². The fraction of sp³-hybridized carbons (Fsp3) is 0.890. The Labute approximate surface area is 561 Å². The maximum atomic E-state index is 13.0. The highest BCUT2D eigenvalue weighted by Crippen LogP contribution is 2.45. The van der Waals surface area contributed by atoms with E-state index in [2.05, 4.69) is 65.8 Å². The maximum Gasteiger partial charge on any atom is 0.472 e. The molecule has 0 aromatic carbocycles. The number of unbranched alkanes of at least 4 members (excludes halogenated alkanes) is 37. The van der Waals surface area contributed by atoms with Gasteiger partial charge in [0, 0.05) is 25.7 Å². The van der Waals surface area contributed by atoms with E-state index in [1.165, 1.54) is 154 Å². The second kappa shape index (κ2) is 64.5. The van der Waals surface area contributed by atoms with Gasteiger partial charge in [0.1, 0.15) is 19.3 Å². The summed E-state index contributed by atoms with van der Waals surface area (Å²) < 4.78 is 68.4. The first-order chi connectivity index (χ1) is 44.4. The molecule has 19 heteroatoms. The minimum Gasteiger partial charge on any atom is -0.462 e. The van der Waals surface area contributed by atoms with Crippen molar-refractivity contribution in [1.29, 1.82) is 0 Å². The van der Waals surface area contributed by atoms with E-state index < -0.39 is 97.5 Å². The van der Waals surface area contributed by atoms with E-state index in [9.17, 15) is 43.2 Å². The van der Waals surface area contributed by atoms with E-state index in [1.54, 1.807) is 0 Å². The van der Waals surface area contributed by atoms with Gasteiger partial charge in [-0.05, 0) is 63.2 Å². The van der Waals surface area contributed by atoms with Gasteiger partial charge in [0.25, 0.3) is 0 Å². The van der Waals surface area contributed by atoms with Crippen LogP contribution in [0.2, 0.25) is 0 Å². The van der Waals surface area contributed by atoms with Crippen LogP contribution in [0.4, 0.5) is 0 Å². The number of rotatable bonds is 70. The lowest BCUT2D eigenvalue weighted by Crippen LogP contribution is -2.30. The van der Waals surface area contributed by atoms with E-state index in [-0.39, 0.29) is 25.7 Å². The van der Waals surface area contributed by atoms with Crippen molar-refractivity contribution in [2.24, 2.45) is 11.8 Å². The topological polar surface area (TPSA) is 237 Å². The van der Waals surface area contributed by atoms with Crippen molar-refractivity contribution in [3.8, 4) is 0 Å². The molecule has 0 spiro atoms. The fourth-order valence-electron chi connectivity index (χ4n) is 10.6. The third-order valence-electron chi connectivity index (χ3n) is 16.3. The molecule has 0 aromatic rings. The molecule has 0 amide bonds. The molecular weight excluding hydrogens is 1210 g/mol. The Bertz CT molecular complexity index is 1880. The largest absolute Gasteiger partial charge is 0.472 e. The number of aliphatic hydroxyl groups excluding tert-OH is 1. The van der Waals surface area contributed by atoms with E-state index in [0.29, 0.717) is 25.7 Å². The van der Waals surface area contributed by atoms with Gasteiger partial charge in [0.2, 0.25) is 0 Å². The molecule has 3 N–H and O–H groups in total. The minimum atomic E-state index is -4.96. The Kier molecular flexibility index (Phi) is 62.8. The van der Waals surface area contributed by atoms with Gasteiger partial charge in [-0.15, -0.1) is 0 Å². The van der Waals surface area contributed by atoms with Crippen LogP contribution in [0, 0.1) is 11.8 Å². The minimum absolute atomic E-state index is 0.0852. The van der Waals surface area contributed by atoms with Crippen LogP contribution in [0.15, 0.2) is 24.3 Å². The number of hydrogen-bond acceptors (Lipinski definition) is 15. The van der Waals surface area contributed by atoms with E-state index in [1.807, 2.05) is 0 Å². The molecule has 0 saturated carbocycles. The average molecular weight is 1350 g/mol. The van der Waals surface area contributed by atoms with E-state index in [4.69, 9.17) is 37.0 Å². The van der Waals surface area contributed by atoms with Gasteiger partial charge in [-0.2, -0.15) is 0 Å². The second-order valence-electron chi connectivity index (χ2n) is 26.6. The molecular formula is C73H138O17P2. The standard InChI is InChI=1S/C73H138O17P2/c1-7-9-11-13-15-17-19-21-23-25-27-31-39-45-51-57-72(77)89-68(61-83-70(75)55-49-43-37-30-26-24-22-20-18-16-14-12-10-8-2)63-87-91(79,80)85-59-67(74)60-86-92(81,82)88-64-69(62-84-71(76)56-50-44-38-34-33-36-42-48-54-66(5)6)90-73(78)58-52-46-40-32-28-29-35-41-47-53-65(3)4/h17,19,21,23,65-69,74H,7-16,18,20,22,24-64H2,1-6H3,(H,79,80)(H,81,82)/b19-17-,23-21-/t67-,68-,69-/m1/s1. The lowest BCUT2D eigenvalue weighted by molar-refractivity contribution is -0.161. The Hall–Kier alpha value is -2.46. The van der Waals surface area contributed by atoms with Gasteiger partial charge in [-0.3, -0.25) is 37.3 Å². The quantitative estimate of drug-likeness (QED) is 0.0169. The molecule has 0 bridgehead atoms. The monoisotopic (exact) mass is 1350 g/mol. The summed E-state index contributed by atoms with van der Waals surface area (Å²) >= 11 is 0. The molecule has 0 fully saturated rings. The number of hydrogen-bond donors (Lipinski definition) is 3. The van der Waals surface area contributed by atoms with Crippen molar-refractivity contribution in [3.05, 3.63) is 24.3 Å². The Morgan fingerprint density at radius 1 is 0.337 bits per heavy atom. The molecule has 2 unspecified atom stereocenters. The van der Waals surface area contributed by atoms with Crippen LogP contribution in [-0.4, -0.2) is 96.7 Å². The molecule has 542 valence electrons. The molecule has 92 heavy (non-hydrogen) atoms. The van der Waals surface area contributed by atoms with Crippen molar-refractivity contribution in [2.75, 3.05) is 39.6 Å². The van der Waals surface area contributed by atoms with E-state index in [0.717, 1.165) is 115 Å². The van der Waals surface area contributed by atoms with Gasteiger partial charge in [-0.25, -0.2) is 9.13 Å². The normalized spacial score (nSPS) is 14.2. The predicted octanol–water partition coefficient (Wildman–Crippen LogP) is 20.7. The number of carbonyl (C=O) groups is 4. The van der Waals surface area contributed by atoms with Gasteiger partial charge in [-0.1, -0.05) is 297 Å². The Morgan fingerprint density at radius 2 is 0.587 bits per heavy atom. The van der Waals surface area contributed by atoms with Crippen LogP contribution in [0.25, 0.3) is 0 Å². The van der Waals surface area contributed by atoms with Crippen molar-refractivity contribution in [3.63, 3.8) is 0 Å². The maximum absolute atomic E-state index is 13.0. The predicted molar refractivity (Wildman–Crippen MR) is 372 cm³/mol. The summed E-state index contributed by atoms with van der Waals surface area (Å²) in [7, 11) is -9.92. The van der Waals surface area contributed by atoms with Crippen LogP contribution < -0.4 is 0 Å². The summed E-state index contributed by atoms with van der Waals surface area (Å²) in [5.74, 6) is -0.691. The first-order valence-electron chi connectivity index (χ1n) is 37.3. The van der Waals surface area contributed by atoms with Crippen LogP contribution in [0.1, 0.15) is 350 Å². The van der Waals surface area contributed by atoms with Gasteiger partial charge >= 0.3 is 39.5 Å². The summed E-state index contributed by atoms with van der Waals surface area (Å²) in [4.78, 5) is 72.7. The zero-order valence-corrected chi connectivity index (χ0v) is 61.1. The van der Waals surface area contributed by atoms with Crippen molar-refractivity contribution >= 4 is 39.5 Å². The number of ether oxygens (including phenoxy) is 4. The first kappa shape index (κ1) is 89.5. The molecule has 17 nitrogen and oxygen atoms in total. The Morgan fingerprint density at radius 3 is 0.891 bits per heavy atom. The highest BCUT2D eigenvalue weighted by molar-refractivity contribution is 7.47. The Balaban J connectivity index is 5.30. The van der Waals surface area contributed by atoms with Gasteiger partial charge < -0.3 is 33.8 Å². The first-order valence-corrected chi connectivity index (χ1v) is 40.3. The van der Waals surface area contributed by atoms with Crippen molar-refractivity contribution < 1.29 is 80.2 Å². The molecule has 0 aliphatic carbocycles. The number of phosphoric ester groups is 2. The smallest absolute Gasteiger partial charge is 0.462 e. The summed E-state index contributed by atoms with van der Waals surface area (Å²) in [6.07, 6.45) is 53.5. The van der Waals surface area contributed by atoms with Crippen molar-refractivity contribution in [1.82, 2.24) is 0 Å². The molecule has 0 aliphatic rings. The zero-order valence-electron chi connectivity index (χ0n) is 59.3. The lowest BCUT2D eigenvalue weighted by atomic mass is 10.0. The number of allylic oxidation sites excluding steroid dienone is 4. The van der Waals surface area contributed by atoms with Crippen molar-refractivity contribution in [2.45, 2.75) is 368 Å². The second-order valence-corrected chi connectivity index (χ2v) is 29.5. The summed E-state index contributed by atoms with van der Waals surface area (Å²) in [6, 6.07) is 0. The number of esters is 4. The zero-order chi connectivity index (χ0) is 67.9. The molecule has 0 saturated heterocycles. The molecule has 5 atom stereocenters. The molecule has 0 aliphatic heterocycles. The van der Waals surface area contributed by atoms with Gasteiger partial charge in [0.05, 0.1) is 26.4 Å². The summed E-state index contributed by atoms with van der Waals surface area (Å²) in [5.41, 5.74) is 0. The molecule has 0 aromatic heterocycles. The van der Waals surface area contributed by atoms with Crippen LogP contribution in [0.3, 0.4) is 0 Å². The SMILES string of the molecule is CCCCCC/C=C\C=C/CCCCCCCC(=O)O[C@H](COC(=O)CCCCCCCCCCCCCCCC)COP(=O)(O)OC[C@@H](O)COP(=O)(O)OC[C@@H](COC(=O)CCCCCCCCCCC(C)C)OC(=O)CCCCCCCCCCCC(C)C. The summed E-state index contributed by atoms with van der Waals surface area (Å²) in [5, 5.41) is 10.6. The number of carbonyl (C=O) groups excluding carboxylic acids is 4. The number of aliphatic hydroxyl groups is 1. The number of phosphoric acid groups is 2. The lowest BCUT2D eigenvalue weighted by Gasteiger charge is -2.21. The average Bonchev–Trinajstić information content (AvgIpc) is 1.52. The third kappa shape index (κ3) is 66.2. The van der Waals surface area contributed by atoms with Crippen LogP contribution >= 0.6 is 15.6 Å². The fourth-order valence-corrected chi connectivity index (χ4v) is 12.2. The molecule has 0 radical (unpaired) electrons. The van der Waals surface area contributed by atoms with Crippen LogP contribution in [0.5, 0.6) is 0 Å².